The third kappa shape index (κ3) is 3.99. The Kier molecular flexibility index (Phi) is 4.96. The molecule has 1 N–H and O–H groups in total. The molecule has 0 aliphatic rings. The minimum atomic E-state index is -3.31. The van der Waals surface area contributed by atoms with Crippen LogP contribution in [0.2, 0.25) is 5.02 Å². The van der Waals surface area contributed by atoms with Gasteiger partial charge in [0.25, 0.3) is 0 Å². The highest BCUT2D eigenvalue weighted by Crippen LogP contribution is 2.26. The summed E-state index contributed by atoms with van der Waals surface area (Å²) in [5.74, 6) is 0. The van der Waals surface area contributed by atoms with Gasteiger partial charge in [-0.1, -0.05) is 33.6 Å². The molecule has 0 atom stereocenters. The zero-order valence-corrected chi connectivity index (χ0v) is 14.8. The molecule has 0 bridgehead atoms. The standard InChI is InChI=1S/C15H15BrClNO2S/c1-10-8-11(16)6-7-14(10)18-9-12-13(17)4-3-5-15(12)21(2,19)20/h3-8,18H,9H2,1-2H3. The van der Waals surface area contributed by atoms with E-state index >= 15 is 0 Å². The summed E-state index contributed by atoms with van der Waals surface area (Å²) < 4.78 is 24.7. The number of anilines is 1. The molecule has 3 nitrogen and oxygen atoms in total. The Morgan fingerprint density at radius 1 is 1.24 bits per heavy atom. The molecule has 2 aromatic carbocycles. The van der Waals surface area contributed by atoms with Crippen molar-refractivity contribution in [2.45, 2.75) is 18.4 Å². The molecule has 0 saturated carbocycles. The molecule has 0 unspecified atom stereocenters. The molecule has 0 saturated heterocycles. The number of hydrogen-bond acceptors (Lipinski definition) is 3. The summed E-state index contributed by atoms with van der Waals surface area (Å²) in [6.07, 6.45) is 1.19. The maximum Gasteiger partial charge on any atom is 0.175 e. The summed E-state index contributed by atoms with van der Waals surface area (Å²) in [7, 11) is -3.31. The fraction of sp³-hybridized carbons (Fsp3) is 0.200. The lowest BCUT2D eigenvalue weighted by Crippen LogP contribution is -2.08. The molecule has 0 aromatic heterocycles. The maximum atomic E-state index is 11.8. The Bertz CT molecular complexity index is 775. The first kappa shape index (κ1) is 16.3. The summed E-state index contributed by atoms with van der Waals surface area (Å²) in [6, 6.07) is 10.8. The summed E-state index contributed by atoms with van der Waals surface area (Å²) >= 11 is 9.57. The van der Waals surface area contributed by atoms with Crippen molar-refractivity contribution < 1.29 is 8.42 Å². The van der Waals surface area contributed by atoms with E-state index in [0.29, 0.717) is 17.1 Å². The predicted molar refractivity (Wildman–Crippen MR) is 90.8 cm³/mol. The van der Waals surface area contributed by atoms with E-state index in [1.807, 2.05) is 25.1 Å². The molecule has 21 heavy (non-hydrogen) atoms. The average molecular weight is 389 g/mol. The molecule has 2 aromatic rings. The predicted octanol–water partition coefficient (Wildman–Crippen LogP) is 4.43. The number of hydrogen-bond donors (Lipinski definition) is 1. The molecule has 0 amide bonds. The zero-order valence-electron chi connectivity index (χ0n) is 11.7. The van der Waals surface area contributed by atoms with Gasteiger partial charge >= 0.3 is 0 Å². The molecule has 0 radical (unpaired) electrons. The second-order valence-electron chi connectivity index (χ2n) is 4.80. The molecule has 0 aliphatic heterocycles. The van der Waals surface area contributed by atoms with Crippen LogP contribution in [0.1, 0.15) is 11.1 Å². The van der Waals surface area contributed by atoms with Gasteiger partial charge in [0.2, 0.25) is 0 Å². The van der Waals surface area contributed by atoms with Gasteiger partial charge in [0.05, 0.1) is 4.90 Å². The summed E-state index contributed by atoms with van der Waals surface area (Å²) in [4.78, 5) is 0.261. The van der Waals surface area contributed by atoms with Crippen molar-refractivity contribution in [3.8, 4) is 0 Å². The van der Waals surface area contributed by atoms with E-state index in [4.69, 9.17) is 11.6 Å². The SMILES string of the molecule is Cc1cc(Br)ccc1NCc1c(Cl)cccc1S(C)(=O)=O. The van der Waals surface area contributed by atoms with E-state index in [1.165, 1.54) is 6.26 Å². The number of benzene rings is 2. The first-order valence-corrected chi connectivity index (χ1v) is 9.33. The second-order valence-corrected chi connectivity index (χ2v) is 8.11. The van der Waals surface area contributed by atoms with Crippen LogP contribution in [0.4, 0.5) is 5.69 Å². The van der Waals surface area contributed by atoms with E-state index in [-0.39, 0.29) is 4.90 Å². The second kappa shape index (κ2) is 6.38. The van der Waals surface area contributed by atoms with Gasteiger partial charge in [0, 0.05) is 33.5 Å². The number of rotatable bonds is 4. The van der Waals surface area contributed by atoms with E-state index < -0.39 is 9.84 Å². The summed E-state index contributed by atoms with van der Waals surface area (Å²) in [5.41, 5.74) is 2.60. The minimum Gasteiger partial charge on any atom is -0.381 e. The van der Waals surface area contributed by atoms with Crippen LogP contribution in [0, 0.1) is 6.92 Å². The molecular formula is C15H15BrClNO2S. The molecule has 6 heteroatoms. The van der Waals surface area contributed by atoms with Gasteiger partial charge in [0.15, 0.2) is 9.84 Å². The summed E-state index contributed by atoms with van der Waals surface area (Å²) in [5, 5.41) is 3.68. The van der Waals surface area contributed by atoms with Crippen molar-refractivity contribution >= 4 is 43.1 Å². The Balaban J connectivity index is 2.32. The Morgan fingerprint density at radius 2 is 1.95 bits per heavy atom. The zero-order chi connectivity index (χ0) is 15.6. The van der Waals surface area contributed by atoms with Crippen LogP contribution in [-0.4, -0.2) is 14.7 Å². The molecule has 0 aliphatic carbocycles. The van der Waals surface area contributed by atoms with Gasteiger partial charge in [-0.2, -0.15) is 0 Å². The van der Waals surface area contributed by atoms with Crippen LogP contribution in [0.5, 0.6) is 0 Å². The first-order valence-electron chi connectivity index (χ1n) is 6.26. The van der Waals surface area contributed by atoms with E-state index in [0.717, 1.165) is 15.7 Å². The van der Waals surface area contributed by atoms with Crippen LogP contribution in [0.25, 0.3) is 0 Å². The average Bonchev–Trinajstić information content (AvgIpc) is 2.37. The Morgan fingerprint density at radius 3 is 2.57 bits per heavy atom. The highest BCUT2D eigenvalue weighted by Gasteiger charge is 2.15. The first-order chi connectivity index (χ1) is 9.79. The molecule has 112 valence electrons. The van der Waals surface area contributed by atoms with E-state index in [2.05, 4.69) is 21.2 Å². The molecule has 0 heterocycles. The van der Waals surface area contributed by atoms with Crippen LogP contribution in [-0.2, 0) is 16.4 Å². The van der Waals surface area contributed by atoms with Crippen molar-refractivity contribution in [2.24, 2.45) is 0 Å². The number of nitrogens with one attached hydrogen (secondary N) is 1. The number of halogens is 2. The quantitative estimate of drug-likeness (QED) is 0.843. The van der Waals surface area contributed by atoms with Crippen molar-refractivity contribution in [3.05, 3.63) is 57.0 Å². The van der Waals surface area contributed by atoms with Crippen LogP contribution < -0.4 is 5.32 Å². The van der Waals surface area contributed by atoms with Crippen LogP contribution >= 0.6 is 27.5 Å². The fourth-order valence-electron chi connectivity index (χ4n) is 2.07. The van der Waals surface area contributed by atoms with Gasteiger partial charge in [-0.3, -0.25) is 0 Å². The van der Waals surface area contributed by atoms with Gasteiger partial charge < -0.3 is 5.32 Å². The van der Waals surface area contributed by atoms with Crippen LogP contribution in [0.3, 0.4) is 0 Å². The largest absolute Gasteiger partial charge is 0.381 e. The Labute approximate surface area is 138 Å². The molecule has 0 spiro atoms. The summed E-state index contributed by atoms with van der Waals surface area (Å²) in [6.45, 7) is 2.34. The lowest BCUT2D eigenvalue weighted by atomic mass is 10.1. The number of sulfone groups is 1. The van der Waals surface area contributed by atoms with Crippen molar-refractivity contribution in [1.82, 2.24) is 0 Å². The lowest BCUT2D eigenvalue weighted by Gasteiger charge is -2.14. The van der Waals surface area contributed by atoms with Gasteiger partial charge in [-0.25, -0.2) is 8.42 Å². The highest BCUT2D eigenvalue weighted by atomic mass is 79.9. The maximum absolute atomic E-state index is 11.8. The van der Waals surface area contributed by atoms with Crippen molar-refractivity contribution in [1.29, 1.82) is 0 Å². The van der Waals surface area contributed by atoms with E-state index in [9.17, 15) is 8.42 Å². The van der Waals surface area contributed by atoms with Gasteiger partial charge in [-0.15, -0.1) is 0 Å². The Hall–Kier alpha value is -1.04. The monoisotopic (exact) mass is 387 g/mol. The third-order valence-corrected chi connectivity index (χ3v) is 5.15. The highest BCUT2D eigenvalue weighted by molar-refractivity contribution is 9.10. The third-order valence-electron chi connectivity index (χ3n) is 3.12. The van der Waals surface area contributed by atoms with Gasteiger partial charge in [0.1, 0.15) is 0 Å². The van der Waals surface area contributed by atoms with Gasteiger partial charge in [-0.05, 0) is 42.8 Å². The smallest absolute Gasteiger partial charge is 0.175 e. The molecule has 2 rings (SSSR count). The van der Waals surface area contributed by atoms with Crippen molar-refractivity contribution in [3.63, 3.8) is 0 Å². The lowest BCUT2D eigenvalue weighted by molar-refractivity contribution is 0.601. The normalized spacial score (nSPS) is 11.4. The molecule has 0 fully saturated rings. The fourth-order valence-corrected chi connectivity index (χ4v) is 3.80. The minimum absolute atomic E-state index is 0.261. The van der Waals surface area contributed by atoms with Crippen LogP contribution in [0.15, 0.2) is 45.8 Å². The topological polar surface area (TPSA) is 46.2 Å². The number of aryl methyl sites for hydroxylation is 1. The van der Waals surface area contributed by atoms with E-state index in [1.54, 1.807) is 18.2 Å². The molecular weight excluding hydrogens is 374 g/mol. The van der Waals surface area contributed by atoms with Crippen molar-refractivity contribution in [2.75, 3.05) is 11.6 Å².